The topological polar surface area (TPSA) is 16.4 Å². The lowest BCUT2D eigenvalue weighted by atomic mass is 9.42. The Kier molecular flexibility index (Phi) is 6.80. The lowest BCUT2D eigenvalue weighted by molar-refractivity contribution is -0.0397. The molecule has 0 amide bonds. The van der Waals surface area contributed by atoms with Gasteiger partial charge in [0, 0.05) is 39.3 Å². The Labute approximate surface area is 331 Å². The minimum absolute atomic E-state index is 0.109. The molecular formula is C54H51NO. The van der Waals surface area contributed by atoms with Crippen molar-refractivity contribution in [3.8, 4) is 22.3 Å². The maximum absolute atomic E-state index is 6.48. The monoisotopic (exact) mass is 729 g/mol. The molecule has 0 saturated heterocycles. The van der Waals surface area contributed by atoms with Crippen molar-refractivity contribution in [1.82, 2.24) is 0 Å². The molecule has 6 aliphatic carbocycles. The Balaban J connectivity index is 1.01. The van der Waals surface area contributed by atoms with E-state index in [1.807, 2.05) is 0 Å². The van der Waals surface area contributed by atoms with E-state index in [1.54, 1.807) is 11.1 Å². The average molecular weight is 730 g/mol. The second kappa shape index (κ2) is 11.5. The van der Waals surface area contributed by atoms with Crippen molar-refractivity contribution in [2.24, 2.45) is 23.7 Å². The van der Waals surface area contributed by atoms with E-state index < -0.39 is 0 Å². The molecule has 0 atom stereocenters. The zero-order valence-electron chi connectivity index (χ0n) is 33.2. The third-order valence-electron chi connectivity index (χ3n) is 15.7. The average Bonchev–Trinajstić information content (AvgIpc) is 3.73. The number of fused-ring (bicyclic) bond motifs is 7. The molecule has 1 heterocycles. The molecule has 278 valence electrons. The predicted molar refractivity (Wildman–Crippen MR) is 232 cm³/mol. The summed E-state index contributed by atoms with van der Waals surface area (Å²) in [6.45, 7) is 9.69. The van der Waals surface area contributed by atoms with Crippen LogP contribution in [-0.4, -0.2) is 0 Å². The lowest BCUT2D eigenvalue weighted by Gasteiger charge is -2.61. The van der Waals surface area contributed by atoms with E-state index in [9.17, 15) is 0 Å². The Morgan fingerprint density at radius 1 is 0.482 bits per heavy atom. The molecule has 6 aromatic carbocycles. The molecule has 0 N–H and O–H groups in total. The van der Waals surface area contributed by atoms with Crippen molar-refractivity contribution < 1.29 is 4.42 Å². The van der Waals surface area contributed by atoms with Gasteiger partial charge in [0.15, 0.2) is 0 Å². The molecule has 56 heavy (non-hydrogen) atoms. The summed E-state index contributed by atoms with van der Waals surface area (Å²) in [7, 11) is 0. The van der Waals surface area contributed by atoms with Gasteiger partial charge in [-0.3, -0.25) is 0 Å². The molecule has 6 aliphatic rings. The van der Waals surface area contributed by atoms with Crippen LogP contribution in [0, 0.1) is 23.7 Å². The smallest absolute Gasteiger partial charge is 0.137 e. The maximum atomic E-state index is 6.48. The van der Waals surface area contributed by atoms with Crippen LogP contribution in [0.2, 0.25) is 0 Å². The van der Waals surface area contributed by atoms with E-state index >= 15 is 0 Å². The normalized spacial score (nSPS) is 26.1. The van der Waals surface area contributed by atoms with Crippen molar-refractivity contribution >= 4 is 39.0 Å². The first-order chi connectivity index (χ1) is 27.2. The largest absolute Gasteiger partial charge is 0.456 e. The minimum Gasteiger partial charge on any atom is -0.456 e. The van der Waals surface area contributed by atoms with Crippen molar-refractivity contribution in [3.05, 3.63) is 150 Å². The van der Waals surface area contributed by atoms with Crippen molar-refractivity contribution in [2.75, 3.05) is 4.90 Å². The number of anilines is 3. The molecule has 0 aliphatic heterocycles. The van der Waals surface area contributed by atoms with Gasteiger partial charge in [0.05, 0.1) is 0 Å². The van der Waals surface area contributed by atoms with E-state index in [2.05, 4.69) is 160 Å². The van der Waals surface area contributed by atoms with Crippen LogP contribution in [0.15, 0.2) is 132 Å². The molecule has 7 aromatic rings. The van der Waals surface area contributed by atoms with Gasteiger partial charge in [-0.25, -0.2) is 0 Å². The molecule has 0 unspecified atom stereocenters. The van der Waals surface area contributed by atoms with E-state index in [-0.39, 0.29) is 16.2 Å². The molecule has 2 nitrogen and oxygen atoms in total. The second-order valence-corrected chi connectivity index (χ2v) is 19.6. The predicted octanol–water partition coefficient (Wildman–Crippen LogP) is 14.8. The summed E-state index contributed by atoms with van der Waals surface area (Å²) in [6, 6.07) is 48.7. The number of rotatable bonds is 4. The number of nitrogens with zero attached hydrogens (tertiary/aromatic N) is 1. The molecule has 4 saturated carbocycles. The van der Waals surface area contributed by atoms with Gasteiger partial charge in [0.1, 0.15) is 11.2 Å². The summed E-state index contributed by atoms with van der Waals surface area (Å²) in [6.07, 6.45) is 9.45. The third kappa shape index (κ3) is 4.50. The highest BCUT2D eigenvalue weighted by atomic mass is 16.3. The fourth-order valence-corrected chi connectivity index (χ4v) is 13.3. The Morgan fingerprint density at radius 2 is 1.09 bits per heavy atom. The van der Waals surface area contributed by atoms with Crippen molar-refractivity contribution in [1.29, 1.82) is 0 Å². The SMILES string of the molecule is CC1(C)CCC(C)(C)c2cc(N(c3ccc(-c4cccc5c4C4(c6ccccc6-5)C5CC6CC(C5)CC4C6)cc3)c3ccc4c(c3)oc3ccccc34)ccc21. The van der Waals surface area contributed by atoms with Crippen molar-refractivity contribution in [3.63, 3.8) is 0 Å². The fraction of sp³-hybridized carbons (Fsp3) is 0.333. The molecule has 0 radical (unpaired) electrons. The molecule has 4 fully saturated rings. The van der Waals surface area contributed by atoms with Gasteiger partial charge in [0.25, 0.3) is 0 Å². The Morgan fingerprint density at radius 3 is 1.88 bits per heavy atom. The summed E-state index contributed by atoms with van der Waals surface area (Å²) in [5.74, 6) is 3.33. The summed E-state index contributed by atoms with van der Waals surface area (Å²) >= 11 is 0. The maximum Gasteiger partial charge on any atom is 0.137 e. The quantitative estimate of drug-likeness (QED) is 0.179. The minimum atomic E-state index is 0.109. The van der Waals surface area contributed by atoms with Gasteiger partial charge >= 0.3 is 0 Å². The lowest BCUT2D eigenvalue weighted by Crippen LogP contribution is -2.55. The zero-order valence-corrected chi connectivity index (χ0v) is 33.2. The number of hydrogen-bond acceptors (Lipinski definition) is 2. The highest BCUT2D eigenvalue weighted by molar-refractivity contribution is 6.06. The molecule has 2 heteroatoms. The van der Waals surface area contributed by atoms with Gasteiger partial charge in [-0.1, -0.05) is 107 Å². The fourth-order valence-electron chi connectivity index (χ4n) is 13.3. The van der Waals surface area contributed by atoms with Gasteiger partial charge in [0.2, 0.25) is 0 Å². The van der Waals surface area contributed by atoms with Crippen LogP contribution >= 0.6 is 0 Å². The standard InChI is InChI=1S/C54H51NO/c1-52(2)24-25-53(3,4)48-31-39(21-23-47(48)52)55(40-20-22-44-43-11-6-8-15-49(43)56-50(44)32-40)38-18-16-35(17-19-38)41-12-9-13-45-42-10-5-7-14-46(42)54(51(41)45)36-27-33-26-34(29-36)30-37(54)28-33/h5-23,31-34,36-37H,24-30H2,1-4H3. The number of para-hydroxylation sites is 1. The Bertz CT molecular complexity index is 2700. The second-order valence-electron chi connectivity index (χ2n) is 19.6. The first kappa shape index (κ1) is 33.1. The molecule has 4 bridgehead atoms. The van der Waals surface area contributed by atoms with Gasteiger partial charge < -0.3 is 9.32 Å². The number of furan rings is 1. The first-order valence-electron chi connectivity index (χ1n) is 21.4. The van der Waals surface area contributed by atoms with Crippen LogP contribution in [0.3, 0.4) is 0 Å². The van der Waals surface area contributed by atoms with Crippen molar-refractivity contribution in [2.45, 2.75) is 88.9 Å². The summed E-state index contributed by atoms with van der Waals surface area (Å²) < 4.78 is 6.48. The highest BCUT2D eigenvalue weighted by Crippen LogP contribution is 2.70. The summed E-state index contributed by atoms with van der Waals surface area (Å²) in [4.78, 5) is 2.46. The molecule has 1 spiro atoms. The zero-order chi connectivity index (χ0) is 37.6. The van der Waals surface area contributed by atoms with Crippen LogP contribution in [0.25, 0.3) is 44.2 Å². The summed E-state index contributed by atoms with van der Waals surface area (Å²) in [5, 5.41) is 2.32. The van der Waals surface area contributed by atoms with E-state index in [0.717, 1.165) is 57.0 Å². The van der Waals surface area contributed by atoms with Crippen LogP contribution in [0.4, 0.5) is 17.1 Å². The van der Waals surface area contributed by atoms with Gasteiger partial charge in [-0.2, -0.15) is 0 Å². The summed E-state index contributed by atoms with van der Waals surface area (Å²) in [5.41, 5.74) is 17.7. The number of benzene rings is 6. The van der Waals surface area contributed by atoms with Gasteiger partial charge in [-0.05, 0) is 166 Å². The van der Waals surface area contributed by atoms with Crippen LogP contribution in [0.1, 0.15) is 94.9 Å². The van der Waals surface area contributed by atoms with E-state index in [1.165, 1.54) is 84.0 Å². The number of hydrogen-bond donors (Lipinski definition) is 0. The van der Waals surface area contributed by atoms with E-state index in [4.69, 9.17) is 4.42 Å². The highest BCUT2D eigenvalue weighted by Gasteiger charge is 2.62. The first-order valence-corrected chi connectivity index (χ1v) is 21.4. The van der Waals surface area contributed by atoms with Crippen LogP contribution < -0.4 is 4.90 Å². The van der Waals surface area contributed by atoms with Crippen LogP contribution in [-0.2, 0) is 16.2 Å². The molecule has 13 rings (SSSR count). The van der Waals surface area contributed by atoms with Gasteiger partial charge in [-0.15, -0.1) is 0 Å². The molecule has 1 aromatic heterocycles. The third-order valence-corrected chi connectivity index (χ3v) is 15.7. The van der Waals surface area contributed by atoms with Crippen LogP contribution in [0.5, 0.6) is 0 Å². The van der Waals surface area contributed by atoms with E-state index in [0.29, 0.717) is 0 Å². The molecular weight excluding hydrogens is 679 g/mol. The Hall–Kier alpha value is -5.08.